The van der Waals surface area contributed by atoms with Crippen molar-refractivity contribution in [3.8, 4) is 0 Å². The molecule has 1 aromatic carbocycles. The maximum atomic E-state index is 3.25. The molecule has 0 saturated carbocycles. The monoisotopic (exact) mass is 306 g/mol. The van der Waals surface area contributed by atoms with Gasteiger partial charge in [0.2, 0.25) is 0 Å². The lowest BCUT2D eigenvalue weighted by Crippen LogP contribution is -2.26. The first-order valence-corrected chi connectivity index (χ1v) is 4.84. The standard InChI is InChI=1S/C9H12N2.C2H6.HI/c1-7-3-4-9-8(5-7)6-10-11(9)2;1-2;/h3-5,10H,6H2,1-2H3;1-2H3;1H. The Morgan fingerprint density at radius 1 is 1.29 bits per heavy atom. The number of hydrogen-bond acceptors (Lipinski definition) is 2. The Morgan fingerprint density at radius 3 is 2.57 bits per heavy atom. The maximum Gasteiger partial charge on any atom is 0.0562 e. The van der Waals surface area contributed by atoms with E-state index in [1.807, 2.05) is 20.9 Å². The zero-order valence-corrected chi connectivity index (χ0v) is 11.6. The minimum Gasteiger partial charge on any atom is -0.311 e. The molecule has 1 aliphatic heterocycles. The second-order valence-electron chi connectivity index (χ2n) is 3.03. The highest BCUT2D eigenvalue weighted by molar-refractivity contribution is 14.0. The third-order valence-electron chi connectivity index (χ3n) is 2.10. The van der Waals surface area contributed by atoms with Crippen LogP contribution in [0.3, 0.4) is 0 Å². The fourth-order valence-electron chi connectivity index (χ4n) is 1.47. The molecule has 2 nitrogen and oxygen atoms in total. The second kappa shape index (κ2) is 6.24. The number of hydrazine groups is 1. The smallest absolute Gasteiger partial charge is 0.0562 e. The molecule has 0 spiro atoms. The number of anilines is 1. The van der Waals surface area contributed by atoms with Gasteiger partial charge in [0.25, 0.3) is 0 Å². The molecule has 0 atom stereocenters. The van der Waals surface area contributed by atoms with Crippen molar-refractivity contribution in [1.29, 1.82) is 0 Å². The Bertz CT molecular complexity index is 287. The van der Waals surface area contributed by atoms with Gasteiger partial charge in [-0.3, -0.25) is 0 Å². The van der Waals surface area contributed by atoms with E-state index >= 15 is 0 Å². The molecule has 14 heavy (non-hydrogen) atoms. The SMILES string of the molecule is CC.Cc1ccc2c(c1)CNN2C.I. The van der Waals surface area contributed by atoms with Crippen molar-refractivity contribution in [2.45, 2.75) is 27.3 Å². The van der Waals surface area contributed by atoms with Crippen molar-refractivity contribution < 1.29 is 0 Å². The zero-order valence-electron chi connectivity index (χ0n) is 9.29. The van der Waals surface area contributed by atoms with Crippen LogP contribution in [0.5, 0.6) is 0 Å². The molecule has 1 aliphatic rings. The van der Waals surface area contributed by atoms with Crippen LogP contribution < -0.4 is 10.4 Å². The van der Waals surface area contributed by atoms with Gasteiger partial charge in [-0.1, -0.05) is 31.5 Å². The van der Waals surface area contributed by atoms with E-state index in [0.717, 1.165) is 6.54 Å². The molecule has 0 unspecified atom stereocenters. The van der Waals surface area contributed by atoms with Gasteiger partial charge >= 0.3 is 0 Å². The van der Waals surface area contributed by atoms with E-state index in [4.69, 9.17) is 0 Å². The summed E-state index contributed by atoms with van der Waals surface area (Å²) in [5.74, 6) is 0. The predicted molar refractivity (Wildman–Crippen MR) is 73.2 cm³/mol. The number of nitrogens with one attached hydrogen (secondary N) is 1. The highest BCUT2D eigenvalue weighted by Crippen LogP contribution is 2.23. The van der Waals surface area contributed by atoms with Gasteiger partial charge in [-0.25, -0.2) is 5.43 Å². The number of benzene rings is 1. The molecule has 2 rings (SSSR count). The van der Waals surface area contributed by atoms with E-state index in [9.17, 15) is 0 Å². The van der Waals surface area contributed by atoms with Crippen molar-refractivity contribution in [2.75, 3.05) is 12.1 Å². The summed E-state index contributed by atoms with van der Waals surface area (Å²) < 4.78 is 0. The summed E-state index contributed by atoms with van der Waals surface area (Å²) in [5, 5.41) is 2.06. The van der Waals surface area contributed by atoms with Crippen LogP contribution in [0.4, 0.5) is 5.69 Å². The van der Waals surface area contributed by atoms with Gasteiger partial charge in [0.05, 0.1) is 5.69 Å². The van der Waals surface area contributed by atoms with E-state index in [2.05, 4.69) is 35.6 Å². The number of nitrogens with zero attached hydrogens (tertiary/aromatic N) is 1. The molecule has 0 aliphatic carbocycles. The fourth-order valence-corrected chi connectivity index (χ4v) is 1.47. The first-order chi connectivity index (χ1) is 6.27. The molecule has 0 bridgehead atoms. The molecule has 1 aromatic rings. The zero-order chi connectivity index (χ0) is 9.84. The Balaban J connectivity index is 0.000000531. The topological polar surface area (TPSA) is 15.3 Å². The fraction of sp³-hybridized carbons (Fsp3) is 0.455. The molecule has 0 radical (unpaired) electrons. The second-order valence-corrected chi connectivity index (χ2v) is 3.03. The molecular weight excluding hydrogens is 287 g/mol. The summed E-state index contributed by atoms with van der Waals surface area (Å²) in [4.78, 5) is 0. The number of halogens is 1. The molecular formula is C11H19IN2. The highest BCUT2D eigenvalue weighted by Gasteiger charge is 2.13. The van der Waals surface area contributed by atoms with Gasteiger partial charge in [-0.2, -0.15) is 0 Å². The van der Waals surface area contributed by atoms with Gasteiger partial charge in [0.1, 0.15) is 0 Å². The normalized spacial score (nSPS) is 12.4. The lowest BCUT2D eigenvalue weighted by atomic mass is 10.1. The molecule has 1 heterocycles. The number of fused-ring (bicyclic) bond motifs is 1. The van der Waals surface area contributed by atoms with Gasteiger partial charge in [-0.15, -0.1) is 24.0 Å². The average molecular weight is 306 g/mol. The first-order valence-electron chi connectivity index (χ1n) is 4.84. The largest absolute Gasteiger partial charge is 0.311 e. The summed E-state index contributed by atoms with van der Waals surface area (Å²) in [6.45, 7) is 7.09. The van der Waals surface area contributed by atoms with Crippen molar-refractivity contribution >= 4 is 29.7 Å². The number of hydrogen-bond donors (Lipinski definition) is 1. The molecule has 80 valence electrons. The van der Waals surface area contributed by atoms with Crippen LogP contribution in [0.15, 0.2) is 18.2 Å². The van der Waals surface area contributed by atoms with Gasteiger partial charge in [0.15, 0.2) is 0 Å². The Hall–Kier alpha value is -0.290. The number of aryl methyl sites for hydroxylation is 1. The van der Waals surface area contributed by atoms with Crippen LogP contribution in [-0.4, -0.2) is 7.05 Å². The summed E-state index contributed by atoms with van der Waals surface area (Å²) >= 11 is 0. The average Bonchev–Trinajstić information content (AvgIpc) is 2.51. The van der Waals surface area contributed by atoms with E-state index in [-0.39, 0.29) is 24.0 Å². The third kappa shape index (κ3) is 2.85. The van der Waals surface area contributed by atoms with Gasteiger partial charge in [0, 0.05) is 13.6 Å². The van der Waals surface area contributed by atoms with Crippen molar-refractivity contribution in [1.82, 2.24) is 5.43 Å². The Kier molecular flexibility index (Phi) is 6.11. The van der Waals surface area contributed by atoms with E-state index in [0.29, 0.717) is 0 Å². The molecule has 1 N–H and O–H groups in total. The molecule has 0 saturated heterocycles. The van der Waals surface area contributed by atoms with Gasteiger partial charge < -0.3 is 5.01 Å². The minimum atomic E-state index is 0. The maximum absolute atomic E-state index is 3.25. The summed E-state index contributed by atoms with van der Waals surface area (Å²) in [6.07, 6.45) is 0. The number of rotatable bonds is 0. The summed E-state index contributed by atoms with van der Waals surface area (Å²) in [6, 6.07) is 6.53. The Morgan fingerprint density at radius 2 is 1.93 bits per heavy atom. The Labute approximate surface area is 104 Å². The predicted octanol–water partition coefficient (Wildman–Crippen LogP) is 3.09. The summed E-state index contributed by atoms with van der Waals surface area (Å²) in [7, 11) is 2.04. The van der Waals surface area contributed by atoms with Crippen LogP contribution in [0.1, 0.15) is 25.0 Å². The van der Waals surface area contributed by atoms with Crippen LogP contribution in [0, 0.1) is 6.92 Å². The molecule has 0 aromatic heterocycles. The van der Waals surface area contributed by atoms with Crippen LogP contribution in [0.25, 0.3) is 0 Å². The van der Waals surface area contributed by atoms with Crippen LogP contribution >= 0.6 is 24.0 Å². The highest BCUT2D eigenvalue weighted by atomic mass is 127. The van der Waals surface area contributed by atoms with Gasteiger partial charge in [-0.05, 0) is 18.6 Å². The quantitative estimate of drug-likeness (QED) is 0.741. The lowest BCUT2D eigenvalue weighted by molar-refractivity contribution is 0.734. The van der Waals surface area contributed by atoms with Crippen LogP contribution in [-0.2, 0) is 6.54 Å². The van der Waals surface area contributed by atoms with Crippen molar-refractivity contribution in [3.63, 3.8) is 0 Å². The third-order valence-corrected chi connectivity index (χ3v) is 2.10. The van der Waals surface area contributed by atoms with Crippen molar-refractivity contribution in [2.24, 2.45) is 0 Å². The molecule has 3 heteroatoms. The summed E-state index contributed by atoms with van der Waals surface area (Å²) in [5.41, 5.74) is 7.28. The van der Waals surface area contributed by atoms with E-state index in [1.54, 1.807) is 0 Å². The van der Waals surface area contributed by atoms with E-state index in [1.165, 1.54) is 16.8 Å². The molecule has 0 amide bonds. The molecule has 0 fully saturated rings. The van der Waals surface area contributed by atoms with Crippen LogP contribution in [0.2, 0.25) is 0 Å². The first kappa shape index (κ1) is 13.7. The lowest BCUT2D eigenvalue weighted by Gasteiger charge is -2.11. The van der Waals surface area contributed by atoms with E-state index < -0.39 is 0 Å². The van der Waals surface area contributed by atoms with Crippen molar-refractivity contribution in [3.05, 3.63) is 29.3 Å². The minimum absolute atomic E-state index is 0.